The zero-order valence-corrected chi connectivity index (χ0v) is 22.2. The van der Waals surface area contributed by atoms with E-state index in [0.717, 1.165) is 54.4 Å². The number of aliphatic hydroxyl groups is 1. The molecule has 2 aliphatic rings. The van der Waals surface area contributed by atoms with Gasteiger partial charge in [0.15, 0.2) is 0 Å². The Morgan fingerprint density at radius 2 is 1.97 bits per heavy atom. The lowest BCUT2D eigenvalue weighted by atomic mass is 9.81. The fraction of sp³-hybridized carbons (Fsp3) is 0.690. The van der Waals surface area contributed by atoms with Gasteiger partial charge in [-0.1, -0.05) is 25.7 Å². The number of thioether (sulfide) groups is 1. The van der Waals surface area contributed by atoms with E-state index in [1.165, 1.54) is 50.7 Å². The van der Waals surface area contributed by atoms with E-state index in [9.17, 15) is 5.11 Å². The molecule has 2 aromatic rings. The van der Waals surface area contributed by atoms with Gasteiger partial charge in [-0.25, -0.2) is 4.39 Å². The van der Waals surface area contributed by atoms with Crippen LogP contribution in [0.4, 0.5) is 4.39 Å². The SMILES string of the molecule is COc1ccc2nccc([C@H](F)CC[C@@H]3CCN(CCCSC4CCCCCC4)C[C@@H]3CO)c2c1. The van der Waals surface area contributed by atoms with Crippen LogP contribution in [0.1, 0.15) is 75.9 Å². The summed E-state index contributed by atoms with van der Waals surface area (Å²) in [6, 6.07) is 7.43. The Balaban J connectivity index is 1.23. The maximum Gasteiger partial charge on any atom is 0.126 e. The molecular weight excluding hydrogens is 459 g/mol. The minimum absolute atomic E-state index is 0.199. The van der Waals surface area contributed by atoms with E-state index in [4.69, 9.17) is 4.74 Å². The van der Waals surface area contributed by atoms with Crippen molar-refractivity contribution in [1.29, 1.82) is 0 Å². The van der Waals surface area contributed by atoms with E-state index in [1.807, 2.05) is 18.2 Å². The number of hydrogen-bond donors (Lipinski definition) is 1. The zero-order valence-electron chi connectivity index (χ0n) is 21.3. The molecule has 0 amide bonds. The molecule has 6 heteroatoms. The van der Waals surface area contributed by atoms with Crippen molar-refractivity contribution in [2.45, 2.75) is 75.6 Å². The summed E-state index contributed by atoms with van der Waals surface area (Å²) >= 11 is 2.19. The highest BCUT2D eigenvalue weighted by Gasteiger charge is 2.29. The number of ether oxygens (including phenoxy) is 1. The lowest BCUT2D eigenvalue weighted by molar-refractivity contribution is 0.0640. The molecule has 1 aliphatic carbocycles. The van der Waals surface area contributed by atoms with Gasteiger partial charge < -0.3 is 14.7 Å². The molecule has 35 heavy (non-hydrogen) atoms. The van der Waals surface area contributed by atoms with Crippen LogP contribution in [0.3, 0.4) is 0 Å². The average Bonchev–Trinajstić information content (AvgIpc) is 3.18. The topological polar surface area (TPSA) is 45.6 Å². The Morgan fingerprint density at radius 3 is 2.74 bits per heavy atom. The van der Waals surface area contributed by atoms with Crippen molar-refractivity contribution in [2.75, 3.05) is 39.1 Å². The molecule has 1 saturated carbocycles. The number of likely N-dealkylation sites (tertiary alicyclic amines) is 1. The van der Waals surface area contributed by atoms with Gasteiger partial charge in [-0.05, 0) is 99.0 Å². The number of rotatable bonds is 11. The summed E-state index contributed by atoms with van der Waals surface area (Å²) in [7, 11) is 1.63. The van der Waals surface area contributed by atoms with Crippen molar-refractivity contribution in [2.24, 2.45) is 11.8 Å². The van der Waals surface area contributed by atoms with Crippen LogP contribution in [-0.2, 0) is 0 Å². The Morgan fingerprint density at radius 1 is 1.14 bits per heavy atom. The third-order valence-electron chi connectivity index (χ3n) is 8.10. The summed E-state index contributed by atoms with van der Waals surface area (Å²) < 4.78 is 20.7. The van der Waals surface area contributed by atoms with Crippen LogP contribution < -0.4 is 4.74 Å². The average molecular weight is 503 g/mol. The van der Waals surface area contributed by atoms with Crippen molar-refractivity contribution in [3.8, 4) is 5.75 Å². The molecule has 4 nitrogen and oxygen atoms in total. The molecule has 4 rings (SSSR count). The summed E-state index contributed by atoms with van der Waals surface area (Å²) in [6.07, 6.45) is 12.7. The van der Waals surface area contributed by atoms with Gasteiger partial charge in [-0.15, -0.1) is 0 Å². The lowest BCUT2D eigenvalue weighted by Gasteiger charge is -2.38. The van der Waals surface area contributed by atoms with E-state index in [1.54, 1.807) is 19.4 Å². The number of fused-ring (bicyclic) bond motifs is 1. The molecule has 3 atom stereocenters. The number of aliphatic hydroxyl groups excluding tert-OH is 1. The van der Waals surface area contributed by atoms with Gasteiger partial charge in [0.25, 0.3) is 0 Å². The minimum Gasteiger partial charge on any atom is -0.497 e. The van der Waals surface area contributed by atoms with Gasteiger partial charge in [0.2, 0.25) is 0 Å². The third-order valence-corrected chi connectivity index (χ3v) is 9.56. The monoisotopic (exact) mass is 502 g/mol. The van der Waals surface area contributed by atoms with E-state index in [0.29, 0.717) is 17.9 Å². The molecule has 0 spiro atoms. The zero-order chi connectivity index (χ0) is 24.5. The second-order valence-electron chi connectivity index (χ2n) is 10.5. The molecule has 1 saturated heterocycles. The van der Waals surface area contributed by atoms with Crippen molar-refractivity contribution in [3.63, 3.8) is 0 Å². The highest BCUT2D eigenvalue weighted by molar-refractivity contribution is 7.99. The van der Waals surface area contributed by atoms with Gasteiger partial charge in [0, 0.05) is 30.0 Å². The Hall–Kier alpha value is -1.37. The Kier molecular flexibility index (Phi) is 10.5. The predicted octanol–water partition coefficient (Wildman–Crippen LogP) is 6.81. The van der Waals surface area contributed by atoms with Gasteiger partial charge in [0.05, 0.1) is 12.6 Å². The molecule has 2 heterocycles. The van der Waals surface area contributed by atoms with E-state index < -0.39 is 6.17 Å². The largest absolute Gasteiger partial charge is 0.497 e. The van der Waals surface area contributed by atoms with Crippen molar-refractivity contribution in [1.82, 2.24) is 9.88 Å². The van der Waals surface area contributed by atoms with Gasteiger partial charge in [-0.3, -0.25) is 4.98 Å². The minimum atomic E-state index is -1.04. The third kappa shape index (κ3) is 7.56. The standard InChI is InChI=1S/C29H43FN2O2S/c1-34-24-10-12-29-27(19-24)26(13-15-31-29)28(30)11-9-22-14-17-32(20-23(22)21-33)16-6-18-35-25-7-4-2-3-5-8-25/h10,12-13,15,19,22-23,25,28,33H,2-9,11,14,16-18,20-21H2,1H3/t22-,23-,28-/m1/s1. The molecule has 0 unspecified atom stereocenters. The molecule has 194 valence electrons. The molecule has 1 aromatic carbocycles. The van der Waals surface area contributed by atoms with Crippen molar-refractivity contribution in [3.05, 3.63) is 36.0 Å². The van der Waals surface area contributed by atoms with E-state index >= 15 is 4.39 Å². The first-order valence-electron chi connectivity index (χ1n) is 13.7. The first kappa shape index (κ1) is 26.7. The van der Waals surface area contributed by atoms with Crippen LogP contribution in [0, 0.1) is 11.8 Å². The summed E-state index contributed by atoms with van der Waals surface area (Å²) in [5.41, 5.74) is 1.49. The molecule has 1 aliphatic heterocycles. The lowest BCUT2D eigenvalue weighted by Crippen LogP contribution is -2.42. The van der Waals surface area contributed by atoms with Gasteiger partial charge in [0.1, 0.15) is 11.9 Å². The van der Waals surface area contributed by atoms with Crippen LogP contribution in [-0.4, -0.2) is 59.3 Å². The number of hydrogen-bond acceptors (Lipinski definition) is 5. The number of pyridine rings is 1. The first-order chi connectivity index (χ1) is 17.2. The number of methoxy groups -OCH3 is 1. The number of halogens is 1. The molecular formula is C29H43FN2O2S. The highest BCUT2D eigenvalue weighted by atomic mass is 32.2. The van der Waals surface area contributed by atoms with Crippen LogP contribution in [0.2, 0.25) is 0 Å². The van der Waals surface area contributed by atoms with Gasteiger partial charge in [-0.2, -0.15) is 11.8 Å². The van der Waals surface area contributed by atoms with Crippen LogP contribution in [0.15, 0.2) is 30.5 Å². The summed E-state index contributed by atoms with van der Waals surface area (Å²) in [5.74, 6) is 2.61. The van der Waals surface area contributed by atoms with Crippen LogP contribution in [0.25, 0.3) is 10.9 Å². The fourth-order valence-electron chi connectivity index (χ4n) is 5.96. The van der Waals surface area contributed by atoms with Crippen LogP contribution >= 0.6 is 11.8 Å². The summed E-state index contributed by atoms with van der Waals surface area (Å²) in [6.45, 7) is 3.34. The number of alkyl halides is 1. The Labute approximate surface area is 215 Å². The molecule has 2 fully saturated rings. The quantitative estimate of drug-likeness (QED) is 0.270. The second kappa shape index (κ2) is 13.8. The highest BCUT2D eigenvalue weighted by Crippen LogP contribution is 2.35. The van der Waals surface area contributed by atoms with Crippen molar-refractivity contribution < 1.29 is 14.2 Å². The molecule has 0 radical (unpaired) electrons. The molecule has 0 bridgehead atoms. The van der Waals surface area contributed by atoms with E-state index in [2.05, 4.69) is 21.6 Å². The maximum atomic E-state index is 15.4. The molecule has 1 N–H and O–H groups in total. The normalized spacial score (nSPS) is 23.3. The second-order valence-corrected chi connectivity index (χ2v) is 11.9. The number of piperidine rings is 1. The van der Waals surface area contributed by atoms with Gasteiger partial charge >= 0.3 is 0 Å². The summed E-state index contributed by atoms with van der Waals surface area (Å²) in [5, 5.41) is 11.8. The van der Waals surface area contributed by atoms with E-state index in [-0.39, 0.29) is 12.5 Å². The Bertz CT molecular complexity index is 905. The summed E-state index contributed by atoms with van der Waals surface area (Å²) in [4.78, 5) is 6.91. The van der Waals surface area contributed by atoms with Crippen LogP contribution in [0.5, 0.6) is 5.75 Å². The predicted molar refractivity (Wildman–Crippen MR) is 145 cm³/mol. The number of nitrogens with zero attached hydrogens (tertiary/aromatic N) is 2. The number of aromatic nitrogens is 1. The smallest absolute Gasteiger partial charge is 0.126 e. The molecule has 1 aromatic heterocycles. The maximum absolute atomic E-state index is 15.4. The first-order valence-corrected chi connectivity index (χ1v) is 14.7. The fourth-order valence-corrected chi connectivity index (χ4v) is 7.25. The van der Waals surface area contributed by atoms with Crippen molar-refractivity contribution >= 4 is 22.7 Å². The number of benzene rings is 1.